The number of hydrogen-bond acceptors (Lipinski definition) is 7. The lowest BCUT2D eigenvalue weighted by molar-refractivity contribution is -0.120. The molecule has 8 nitrogen and oxygen atoms in total. The van der Waals surface area contributed by atoms with E-state index >= 15 is 0 Å². The predicted octanol–water partition coefficient (Wildman–Crippen LogP) is 5.05. The Bertz CT molecular complexity index is 1450. The summed E-state index contributed by atoms with van der Waals surface area (Å²) in [5.74, 6) is -0.396. The van der Waals surface area contributed by atoms with E-state index in [4.69, 9.17) is 21.1 Å². The minimum absolute atomic E-state index is 0.238. The zero-order chi connectivity index (χ0) is 26.2. The molecule has 0 atom stereocenters. The predicted molar refractivity (Wildman–Crippen MR) is 144 cm³/mol. The highest BCUT2D eigenvalue weighted by atomic mass is 35.5. The molecule has 0 unspecified atom stereocenters. The average Bonchev–Trinajstić information content (AvgIpc) is 3.25. The number of rotatable bonds is 9. The molecule has 0 saturated carbocycles. The molecule has 1 aromatic heterocycles. The lowest BCUT2D eigenvalue weighted by Gasteiger charge is -2.06. The quantitative estimate of drug-likeness (QED) is 0.135. The first-order chi connectivity index (χ1) is 17.9. The molecule has 4 aromatic rings. The molecule has 0 spiro atoms. The molecule has 37 heavy (non-hydrogen) atoms. The first kappa shape index (κ1) is 25.9. The van der Waals surface area contributed by atoms with Crippen molar-refractivity contribution < 1.29 is 23.9 Å². The summed E-state index contributed by atoms with van der Waals surface area (Å²) in [6.07, 6.45) is 1.43. The number of ether oxygens (including phenoxy) is 2. The van der Waals surface area contributed by atoms with Crippen LogP contribution in [0.5, 0.6) is 11.5 Å². The van der Waals surface area contributed by atoms with Gasteiger partial charge >= 0.3 is 5.97 Å². The number of esters is 1. The summed E-state index contributed by atoms with van der Waals surface area (Å²) in [4.78, 5) is 37.1. The molecule has 3 aromatic carbocycles. The van der Waals surface area contributed by atoms with Crippen molar-refractivity contribution in [2.45, 2.75) is 6.92 Å². The normalized spacial score (nSPS) is 10.9. The molecule has 0 aliphatic rings. The highest BCUT2D eigenvalue weighted by Crippen LogP contribution is 2.35. The second-order valence-electron chi connectivity index (χ2n) is 7.63. The van der Waals surface area contributed by atoms with E-state index in [1.54, 1.807) is 48.5 Å². The summed E-state index contributed by atoms with van der Waals surface area (Å²) >= 11 is 7.62. The third-order valence-electron chi connectivity index (χ3n) is 5.05. The van der Waals surface area contributed by atoms with E-state index in [0.29, 0.717) is 39.1 Å². The van der Waals surface area contributed by atoms with Crippen LogP contribution < -0.4 is 20.2 Å². The summed E-state index contributed by atoms with van der Waals surface area (Å²) in [5, 5.41) is 7.60. The Morgan fingerprint density at radius 3 is 2.38 bits per heavy atom. The molecule has 10 heteroatoms. The topological polar surface area (TPSA) is 106 Å². The number of amides is 2. The fraction of sp³-hybridized carbons (Fsp3) is 0.111. The van der Waals surface area contributed by atoms with Gasteiger partial charge in [-0.25, -0.2) is 10.2 Å². The minimum atomic E-state index is -0.535. The second kappa shape index (κ2) is 12.2. The van der Waals surface area contributed by atoms with E-state index < -0.39 is 11.9 Å². The third kappa shape index (κ3) is 6.72. The van der Waals surface area contributed by atoms with E-state index in [1.807, 2.05) is 31.2 Å². The SMILES string of the molecule is CCOc1ccc(C(=O)NCC(=O)NN=Cc2ccc(OC(=O)c3sc4ccccc4c3Cl)cc2)cc1. The van der Waals surface area contributed by atoms with Crippen molar-refractivity contribution in [1.29, 1.82) is 0 Å². The van der Waals surface area contributed by atoms with Gasteiger partial charge in [-0.05, 0) is 67.1 Å². The van der Waals surface area contributed by atoms with E-state index in [-0.39, 0.29) is 12.5 Å². The van der Waals surface area contributed by atoms with Crippen LogP contribution in [0, 0.1) is 0 Å². The molecule has 0 bridgehead atoms. The van der Waals surface area contributed by atoms with E-state index in [0.717, 1.165) is 10.1 Å². The van der Waals surface area contributed by atoms with Crippen LogP contribution in [0.15, 0.2) is 77.9 Å². The molecule has 1 heterocycles. The fourth-order valence-corrected chi connectivity index (χ4v) is 4.66. The van der Waals surface area contributed by atoms with Crippen LogP contribution in [-0.4, -0.2) is 37.1 Å². The van der Waals surface area contributed by atoms with Gasteiger partial charge in [0.25, 0.3) is 11.8 Å². The molecule has 0 aliphatic heterocycles. The van der Waals surface area contributed by atoms with E-state index in [1.165, 1.54) is 17.6 Å². The number of fused-ring (bicyclic) bond motifs is 1. The highest BCUT2D eigenvalue weighted by Gasteiger charge is 2.19. The summed E-state index contributed by atoms with van der Waals surface area (Å²) in [6, 6.07) is 20.7. The molecule has 0 fully saturated rings. The van der Waals surface area contributed by atoms with Gasteiger partial charge in [0.1, 0.15) is 16.4 Å². The van der Waals surface area contributed by atoms with Crippen LogP contribution in [0.4, 0.5) is 0 Å². The summed E-state index contributed by atoms with van der Waals surface area (Å²) in [5.41, 5.74) is 3.43. The van der Waals surface area contributed by atoms with Crippen molar-refractivity contribution in [3.8, 4) is 11.5 Å². The Labute approximate surface area is 221 Å². The third-order valence-corrected chi connectivity index (χ3v) is 6.71. The molecular formula is C27H22ClN3O5S. The lowest BCUT2D eigenvalue weighted by atomic mass is 10.2. The smallest absolute Gasteiger partial charge is 0.355 e. The van der Waals surface area contributed by atoms with Gasteiger partial charge in [-0.1, -0.05) is 29.8 Å². The Hall–Kier alpha value is -4.21. The van der Waals surface area contributed by atoms with Gasteiger partial charge in [-0.2, -0.15) is 5.10 Å². The number of hydrogen-bond donors (Lipinski definition) is 2. The van der Waals surface area contributed by atoms with Crippen LogP contribution in [0.2, 0.25) is 5.02 Å². The zero-order valence-electron chi connectivity index (χ0n) is 19.7. The van der Waals surface area contributed by atoms with Gasteiger partial charge in [-0.15, -0.1) is 11.3 Å². The maximum atomic E-state index is 12.6. The zero-order valence-corrected chi connectivity index (χ0v) is 21.3. The van der Waals surface area contributed by atoms with E-state index in [9.17, 15) is 14.4 Å². The Morgan fingerprint density at radius 1 is 0.973 bits per heavy atom. The number of carbonyl (C=O) groups is 3. The Morgan fingerprint density at radius 2 is 1.68 bits per heavy atom. The Kier molecular flexibility index (Phi) is 8.50. The van der Waals surface area contributed by atoms with Crippen LogP contribution in [0.3, 0.4) is 0 Å². The lowest BCUT2D eigenvalue weighted by Crippen LogP contribution is -2.34. The standard InChI is InChI=1S/C27H22ClN3O5S/c1-2-35-19-13-9-18(10-14-19)26(33)29-16-23(32)31-30-15-17-7-11-20(12-8-17)36-27(34)25-24(28)21-5-3-4-6-22(21)37-25/h3-15H,2,16H2,1H3,(H,29,33)(H,31,32). The van der Waals surface area contributed by atoms with Gasteiger partial charge in [0.05, 0.1) is 24.4 Å². The number of benzene rings is 3. The summed E-state index contributed by atoms with van der Waals surface area (Å²) in [6.45, 7) is 2.17. The van der Waals surface area contributed by atoms with Crippen molar-refractivity contribution >= 4 is 57.0 Å². The maximum Gasteiger partial charge on any atom is 0.355 e. The monoisotopic (exact) mass is 535 g/mol. The molecule has 2 N–H and O–H groups in total. The number of halogens is 1. The van der Waals surface area contributed by atoms with Crippen molar-refractivity contribution in [3.05, 3.63) is 93.8 Å². The molecule has 0 aliphatic carbocycles. The van der Waals surface area contributed by atoms with Gasteiger partial charge in [0.2, 0.25) is 0 Å². The van der Waals surface area contributed by atoms with Crippen molar-refractivity contribution in [3.63, 3.8) is 0 Å². The number of thiophene rings is 1. The van der Waals surface area contributed by atoms with E-state index in [2.05, 4.69) is 15.8 Å². The number of nitrogens with one attached hydrogen (secondary N) is 2. The Balaban J connectivity index is 1.24. The molecule has 2 amide bonds. The largest absolute Gasteiger partial charge is 0.494 e. The van der Waals surface area contributed by atoms with Crippen LogP contribution in [0.25, 0.3) is 10.1 Å². The molecule has 188 valence electrons. The molecule has 0 radical (unpaired) electrons. The first-order valence-electron chi connectivity index (χ1n) is 11.3. The summed E-state index contributed by atoms with van der Waals surface area (Å²) < 4.78 is 11.7. The van der Waals surface area contributed by atoms with Gasteiger partial charge in [0.15, 0.2) is 0 Å². The van der Waals surface area contributed by atoms with Crippen LogP contribution >= 0.6 is 22.9 Å². The first-order valence-corrected chi connectivity index (χ1v) is 12.5. The maximum absolute atomic E-state index is 12.6. The molecular weight excluding hydrogens is 514 g/mol. The van der Waals surface area contributed by atoms with Gasteiger partial charge in [-0.3, -0.25) is 9.59 Å². The molecule has 0 saturated heterocycles. The average molecular weight is 536 g/mol. The summed E-state index contributed by atoms with van der Waals surface area (Å²) in [7, 11) is 0. The van der Waals surface area contributed by atoms with Gasteiger partial charge < -0.3 is 14.8 Å². The molecule has 4 rings (SSSR count). The highest BCUT2D eigenvalue weighted by molar-refractivity contribution is 7.21. The van der Waals surface area contributed by atoms with Crippen molar-refractivity contribution in [1.82, 2.24) is 10.7 Å². The minimum Gasteiger partial charge on any atom is -0.494 e. The van der Waals surface area contributed by atoms with Crippen molar-refractivity contribution in [2.24, 2.45) is 5.10 Å². The number of nitrogens with zero attached hydrogens (tertiary/aromatic N) is 1. The van der Waals surface area contributed by atoms with Crippen molar-refractivity contribution in [2.75, 3.05) is 13.2 Å². The number of hydrazone groups is 1. The van der Waals surface area contributed by atoms with Crippen LogP contribution in [-0.2, 0) is 4.79 Å². The number of carbonyl (C=O) groups excluding carboxylic acids is 3. The second-order valence-corrected chi connectivity index (χ2v) is 9.06. The fourth-order valence-electron chi connectivity index (χ4n) is 3.27. The van der Waals surface area contributed by atoms with Gasteiger partial charge in [0, 0.05) is 15.6 Å². The van der Waals surface area contributed by atoms with Crippen LogP contribution in [0.1, 0.15) is 32.5 Å².